The monoisotopic (exact) mass is 496 g/mol. The van der Waals surface area contributed by atoms with E-state index in [0.717, 1.165) is 0 Å². The van der Waals surface area contributed by atoms with Crippen LogP contribution in [0.1, 0.15) is 22.8 Å². The minimum atomic E-state index is -0.876. The van der Waals surface area contributed by atoms with E-state index in [1.165, 1.54) is 23.1 Å². The van der Waals surface area contributed by atoms with Gasteiger partial charge in [0.2, 0.25) is 5.91 Å². The van der Waals surface area contributed by atoms with Crippen molar-refractivity contribution < 1.29 is 28.2 Å². The van der Waals surface area contributed by atoms with E-state index >= 15 is 0 Å². The van der Waals surface area contributed by atoms with Crippen LogP contribution in [0.2, 0.25) is 5.02 Å². The number of amides is 2. The highest BCUT2D eigenvalue weighted by atomic mass is 35.5. The van der Waals surface area contributed by atoms with Crippen LogP contribution in [0.15, 0.2) is 66.7 Å². The van der Waals surface area contributed by atoms with E-state index < -0.39 is 17.9 Å². The first-order chi connectivity index (χ1) is 16.8. The summed E-state index contributed by atoms with van der Waals surface area (Å²) in [4.78, 5) is 39.6. The van der Waals surface area contributed by atoms with Crippen molar-refractivity contribution >= 4 is 34.9 Å². The maximum atomic E-state index is 13.1. The molecular formula is C26H22ClFN2O5. The van der Waals surface area contributed by atoms with Crippen molar-refractivity contribution in [1.82, 2.24) is 5.32 Å². The summed E-state index contributed by atoms with van der Waals surface area (Å²) in [7, 11) is 0. The molecule has 9 heteroatoms. The number of hydrogen-bond donors (Lipinski definition) is 1. The average molecular weight is 497 g/mol. The highest BCUT2D eigenvalue weighted by Crippen LogP contribution is 2.34. The standard InChI is InChI=1S/C26H22ClFN2O5/c1-16(26(33)29-13-17-5-8-20(28)9-6-17)30-22-11-18(7-10-24(22)35-15-25(30)32)23(31)14-34-21-4-2-3-19(27)12-21/h2-12,16H,13-15H2,1H3,(H,29,33)/t16-/m1/s1. The molecule has 3 aromatic carbocycles. The topological polar surface area (TPSA) is 84.9 Å². The van der Waals surface area contributed by atoms with Crippen molar-refractivity contribution in [3.8, 4) is 11.5 Å². The van der Waals surface area contributed by atoms with Crippen molar-refractivity contribution in [2.24, 2.45) is 0 Å². The first-order valence-corrected chi connectivity index (χ1v) is 11.2. The normalized spacial score (nSPS) is 13.5. The van der Waals surface area contributed by atoms with Gasteiger partial charge in [0.1, 0.15) is 23.4 Å². The van der Waals surface area contributed by atoms with Gasteiger partial charge < -0.3 is 14.8 Å². The molecule has 0 spiro atoms. The molecule has 0 bridgehead atoms. The summed E-state index contributed by atoms with van der Waals surface area (Å²) in [6, 6.07) is 16.3. The number of benzene rings is 3. The lowest BCUT2D eigenvalue weighted by Gasteiger charge is -2.33. The number of nitrogens with one attached hydrogen (secondary N) is 1. The van der Waals surface area contributed by atoms with Crippen LogP contribution < -0.4 is 19.7 Å². The second-order valence-corrected chi connectivity index (χ2v) is 8.36. The van der Waals surface area contributed by atoms with E-state index in [1.54, 1.807) is 55.5 Å². The summed E-state index contributed by atoms with van der Waals surface area (Å²) in [5.74, 6) is -0.671. The number of anilines is 1. The van der Waals surface area contributed by atoms with Crippen LogP contribution in [-0.4, -0.2) is 36.9 Å². The Hall–Kier alpha value is -3.91. The van der Waals surface area contributed by atoms with Crippen LogP contribution in [0.4, 0.5) is 10.1 Å². The van der Waals surface area contributed by atoms with Crippen LogP contribution in [0.3, 0.4) is 0 Å². The van der Waals surface area contributed by atoms with Gasteiger partial charge in [0, 0.05) is 17.1 Å². The van der Waals surface area contributed by atoms with Crippen molar-refractivity contribution in [3.63, 3.8) is 0 Å². The number of Topliss-reactive ketones (excluding diaryl/α,β-unsaturated/α-hetero) is 1. The third-order valence-corrected chi connectivity index (χ3v) is 5.71. The van der Waals surface area contributed by atoms with Gasteiger partial charge in [0.15, 0.2) is 19.0 Å². The summed E-state index contributed by atoms with van der Waals surface area (Å²) >= 11 is 5.94. The number of ether oxygens (including phenoxy) is 2. The fourth-order valence-corrected chi connectivity index (χ4v) is 3.79. The minimum Gasteiger partial charge on any atom is -0.485 e. The quantitative estimate of drug-likeness (QED) is 0.473. The van der Waals surface area contributed by atoms with Crippen LogP contribution in [0.5, 0.6) is 11.5 Å². The maximum absolute atomic E-state index is 13.1. The van der Waals surface area contributed by atoms with E-state index in [1.807, 2.05) is 0 Å². The van der Waals surface area contributed by atoms with Crippen molar-refractivity contribution in [3.05, 3.63) is 88.7 Å². The second kappa shape index (κ2) is 10.6. The molecule has 0 fully saturated rings. The number of ketones is 1. The lowest BCUT2D eigenvalue weighted by molar-refractivity contribution is -0.127. The Morgan fingerprint density at radius 1 is 1.14 bits per heavy atom. The second-order valence-electron chi connectivity index (χ2n) is 7.92. The molecule has 1 N–H and O–H groups in total. The van der Waals surface area contributed by atoms with Gasteiger partial charge in [-0.1, -0.05) is 29.8 Å². The molecule has 1 aliphatic rings. The van der Waals surface area contributed by atoms with Crippen LogP contribution in [0, 0.1) is 5.82 Å². The molecule has 0 saturated heterocycles. The number of carbonyl (C=O) groups is 3. The Morgan fingerprint density at radius 2 is 1.91 bits per heavy atom. The van der Waals surface area contributed by atoms with Gasteiger partial charge in [0.25, 0.3) is 5.91 Å². The van der Waals surface area contributed by atoms with Gasteiger partial charge in [0.05, 0.1) is 5.69 Å². The van der Waals surface area contributed by atoms with Gasteiger partial charge in [-0.15, -0.1) is 0 Å². The van der Waals surface area contributed by atoms with E-state index in [0.29, 0.717) is 33.3 Å². The number of nitrogens with zero attached hydrogens (tertiary/aromatic N) is 1. The first-order valence-electron chi connectivity index (χ1n) is 10.8. The molecule has 3 aromatic rings. The van der Waals surface area contributed by atoms with Gasteiger partial charge in [-0.2, -0.15) is 0 Å². The summed E-state index contributed by atoms with van der Waals surface area (Å²) < 4.78 is 24.1. The number of halogens is 2. The third-order valence-electron chi connectivity index (χ3n) is 5.47. The molecule has 0 saturated carbocycles. The Balaban J connectivity index is 1.48. The molecule has 35 heavy (non-hydrogen) atoms. The molecule has 2 amide bonds. The molecule has 180 valence electrons. The fourth-order valence-electron chi connectivity index (χ4n) is 3.61. The molecule has 4 rings (SSSR count). The molecule has 0 aromatic heterocycles. The summed E-state index contributed by atoms with van der Waals surface area (Å²) in [5.41, 5.74) is 1.33. The lowest BCUT2D eigenvalue weighted by atomic mass is 10.1. The molecule has 0 radical (unpaired) electrons. The van der Waals surface area contributed by atoms with Crippen LogP contribution in [0.25, 0.3) is 0 Å². The van der Waals surface area contributed by atoms with E-state index in [2.05, 4.69) is 5.32 Å². The highest BCUT2D eigenvalue weighted by Gasteiger charge is 2.33. The SMILES string of the molecule is C[C@H](C(=O)NCc1ccc(F)cc1)N1C(=O)COc2ccc(C(=O)COc3cccc(Cl)c3)cc21. The highest BCUT2D eigenvalue weighted by molar-refractivity contribution is 6.30. The first kappa shape index (κ1) is 24.2. The number of hydrogen-bond acceptors (Lipinski definition) is 5. The predicted molar refractivity (Wildman–Crippen MR) is 128 cm³/mol. The molecule has 1 aliphatic heterocycles. The molecule has 7 nitrogen and oxygen atoms in total. The van der Waals surface area contributed by atoms with Gasteiger partial charge >= 0.3 is 0 Å². The van der Waals surface area contributed by atoms with Gasteiger partial charge in [-0.05, 0) is 61.0 Å². The maximum Gasteiger partial charge on any atom is 0.265 e. The van der Waals surface area contributed by atoms with Gasteiger partial charge in [-0.3, -0.25) is 19.3 Å². The zero-order chi connectivity index (χ0) is 24.9. The predicted octanol–water partition coefficient (Wildman–Crippen LogP) is 4.17. The van der Waals surface area contributed by atoms with Gasteiger partial charge in [-0.25, -0.2) is 4.39 Å². The molecule has 1 heterocycles. The zero-order valence-electron chi connectivity index (χ0n) is 18.8. The summed E-state index contributed by atoms with van der Waals surface area (Å²) in [5, 5.41) is 3.24. The zero-order valence-corrected chi connectivity index (χ0v) is 19.5. The van der Waals surface area contributed by atoms with E-state index in [9.17, 15) is 18.8 Å². The summed E-state index contributed by atoms with van der Waals surface area (Å²) in [6.07, 6.45) is 0. The average Bonchev–Trinajstić information content (AvgIpc) is 2.86. The molecular weight excluding hydrogens is 475 g/mol. The smallest absolute Gasteiger partial charge is 0.265 e. The number of rotatable bonds is 8. The Morgan fingerprint density at radius 3 is 2.66 bits per heavy atom. The lowest BCUT2D eigenvalue weighted by Crippen LogP contribution is -2.51. The minimum absolute atomic E-state index is 0.175. The Kier molecular flexibility index (Phi) is 7.31. The van der Waals surface area contributed by atoms with Crippen LogP contribution >= 0.6 is 11.6 Å². The van der Waals surface area contributed by atoms with Crippen LogP contribution in [-0.2, 0) is 16.1 Å². The van der Waals surface area contributed by atoms with E-state index in [4.69, 9.17) is 21.1 Å². The van der Waals surface area contributed by atoms with Crippen molar-refractivity contribution in [1.29, 1.82) is 0 Å². The molecule has 1 atom stereocenters. The van der Waals surface area contributed by atoms with Crippen molar-refractivity contribution in [2.45, 2.75) is 19.5 Å². The summed E-state index contributed by atoms with van der Waals surface area (Å²) in [6.45, 7) is 1.30. The van der Waals surface area contributed by atoms with Crippen molar-refractivity contribution in [2.75, 3.05) is 18.1 Å². The largest absolute Gasteiger partial charge is 0.485 e. The number of fused-ring (bicyclic) bond motifs is 1. The molecule has 0 unspecified atom stereocenters. The number of carbonyl (C=O) groups excluding carboxylic acids is 3. The van der Waals surface area contributed by atoms with E-state index in [-0.39, 0.29) is 31.4 Å². The Bertz CT molecular complexity index is 1260. The molecule has 0 aliphatic carbocycles. The third kappa shape index (κ3) is 5.78. The Labute approximate surface area is 206 Å². The fraction of sp³-hybridized carbons (Fsp3) is 0.192.